The summed E-state index contributed by atoms with van der Waals surface area (Å²) in [5.41, 5.74) is 0. The zero-order valence-electron chi connectivity index (χ0n) is 10.1. The molecule has 0 aliphatic heterocycles. The first-order valence-electron chi connectivity index (χ1n) is 6.11. The molecule has 0 aromatic heterocycles. The van der Waals surface area contributed by atoms with Crippen molar-refractivity contribution < 1.29 is 5.11 Å². The molecule has 86 valence electrons. The van der Waals surface area contributed by atoms with Crippen LogP contribution >= 0.6 is 0 Å². The molecule has 0 saturated carbocycles. The molecule has 0 rings (SSSR count). The Labute approximate surface area is 89.1 Å². The summed E-state index contributed by atoms with van der Waals surface area (Å²) in [7, 11) is 0. The fourth-order valence-corrected chi connectivity index (χ4v) is 1.74. The number of aliphatic hydroxyl groups excluding tert-OH is 1. The first-order valence-corrected chi connectivity index (χ1v) is 6.11. The maximum atomic E-state index is 8.72. The number of aliphatic hydroxyl groups is 1. The van der Waals surface area contributed by atoms with Gasteiger partial charge in [-0.1, -0.05) is 26.7 Å². The minimum Gasteiger partial charge on any atom is -0.396 e. The monoisotopic (exact) mass is 201 g/mol. The first kappa shape index (κ1) is 13.9. The highest BCUT2D eigenvalue weighted by Gasteiger charge is 2.08. The van der Waals surface area contributed by atoms with Crippen LogP contribution in [0.2, 0.25) is 0 Å². The zero-order valence-corrected chi connectivity index (χ0v) is 10.1. The van der Waals surface area contributed by atoms with Gasteiger partial charge in [-0.2, -0.15) is 0 Å². The minimum atomic E-state index is 0.317. The molecule has 0 aromatic carbocycles. The average molecular weight is 201 g/mol. The van der Waals surface area contributed by atoms with E-state index in [1.807, 2.05) is 0 Å². The van der Waals surface area contributed by atoms with Gasteiger partial charge in [0.25, 0.3) is 0 Å². The van der Waals surface area contributed by atoms with E-state index in [4.69, 9.17) is 5.11 Å². The molecule has 14 heavy (non-hydrogen) atoms. The van der Waals surface area contributed by atoms with Crippen molar-refractivity contribution in [3.63, 3.8) is 0 Å². The third-order valence-corrected chi connectivity index (χ3v) is 2.71. The first-order chi connectivity index (χ1) is 6.74. The van der Waals surface area contributed by atoms with E-state index in [2.05, 4.69) is 26.1 Å². The Hall–Kier alpha value is -0.0800. The number of nitrogens with one attached hydrogen (secondary N) is 1. The Bertz CT molecular complexity index is 117. The van der Waals surface area contributed by atoms with Crippen molar-refractivity contribution in [2.24, 2.45) is 0 Å². The highest BCUT2D eigenvalue weighted by atomic mass is 16.2. The molecule has 0 aliphatic rings. The molecule has 0 amide bonds. The van der Waals surface area contributed by atoms with Crippen molar-refractivity contribution in [3.05, 3.63) is 0 Å². The SMILES string of the molecule is CCCC[C@@H](CC)N[C@H](C)CCCO. The van der Waals surface area contributed by atoms with E-state index in [9.17, 15) is 0 Å². The normalized spacial score (nSPS) is 15.4. The second kappa shape index (κ2) is 9.47. The Morgan fingerprint density at radius 1 is 1.14 bits per heavy atom. The van der Waals surface area contributed by atoms with Crippen molar-refractivity contribution in [1.29, 1.82) is 0 Å². The predicted molar refractivity (Wildman–Crippen MR) is 62.5 cm³/mol. The van der Waals surface area contributed by atoms with E-state index >= 15 is 0 Å². The molecular weight excluding hydrogens is 174 g/mol. The summed E-state index contributed by atoms with van der Waals surface area (Å²) in [6, 6.07) is 1.22. The Balaban J connectivity index is 3.57. The fraction of sp³-hybridized carbons (Fsp3) is 1.00. The van der Waals surface area contributed by atoms with E-state index in [0.717, 1.165) is 12.8 Å². The highest BCUT2D eigenvalue weighted by molar-refractivity contribution is 4.70. The van der Waals surface area contributed by atoms with Crippen LogP contribution in [0.5, 0.6) is 0 Å². The lowest BCUT2D eigenvalue weighted by molar-refractivity contribution is 0.272. The largest absolute Gasteiger partial charge is 0.396 e. The lowest BCUT2D eigenvalue weighted by Crippen LogP contribution is -2.36. The van der Waals surface area contributed by atoms with Gasteiger partial charge < -0.3 is 10.4 Å². The minimum absolute atomic E-state index is 0.317. The molecule has 0 aromatic rings. The summed E-state index contributed by atoms with van der Waals surface area (Å²) in [6.45, 7) is 7.01. The molecule has 2 heteroatoms. The Morgan fingerprint density at radius 3 is 2.36 bits per heavy atom. The summed E-state index contributed by atoms with van der Waals surface area (Å²) in [6.07, 6.45) is 7.10. The van der Waals surface area contributed by atoms with Gasteiger partial charge in [0.15, 0.2) is 0 Å². The number of unbranched alkanes of at least 4 members (excludes halogenated alkanes) is 1. The highest BCUT2D eigenvalue weighted by Crippen LogP contribution is 2.06. The molecule has 2 N–H and O–H groups in total. The second-order valence-corrected chi connectivity index (χ2v) is 4.18. The topological polar surface area (TPSA) is 32.3 Å². The van der Waals surface area contributed by atoms with Gasteiger partial charge in [0.1, 0.15) is 0 Å². The summed E-state index contributed by atoms with van der Waals surface area (Å²) >= 11 is 0. The number of hydrogen-bond donors (Lipinski definition) is 2. The summed E-state index contributed by atoms with van der Waals surface area (Å²) in [5.74, 6) is 0. The molecule has 0 heterocycles. The van der Waals surface area contributed by atoms with Crippen molar-refractivity contribution >= 4 is 0 Å². The van der Waals surface area contributed by atoms with Crippen LogP contribution in [0.1, 0.15) is 59.3 Å². The molecule has 0 saturated heterocycles. The third kappa shape index (κ3) is 7.34. The standard InChI is InChI=1S/C12H27NO/c1-4-6-9-12(5-2)13-11(3)8-7-10-14/h11-14H,4-10H2,1-3H3/t11-,12-/m1/s1. The van der Waals surface area contributed by atoms with Gasteiger partial charge in [0, 0.05) is 18.7 Å². The zero-order chi connectivity index (χ0) is 10.8. The predicted octanol–water partition coefficient (Wildman–Crippen LogP) is 2.71. The van der Waals surface area contributed by atoms with Gasteiger partial charge in [0.2, 0.25) is 0 Å². The van der Waals surface area contributed by atoms with Crippen molar-refractivity contribution in [1.82, 2.24) is 5.32 Å². The van der Waals surface area contributed by atoms with Crippen LogP contribution in [0.15, 0.2) is 0 Å². The van der Waals surface area contributed by atoms with Crippen LogP contribution in [0, 0.1) is 0 Å². The lowest BCUT2D eigenvalue weighted by Gasteiger charge is -2.22. The van der Waals surface area contributed by atoms with E-state index in [-0.39, 0.29) is 0 Å². The maximum absolute atomic E-state index is 8.72. The molecule has 0 aliphatic carbocycles. The van der Waals surface area contributed by atoms with Crippen molar-refractivity contribution in [2.75, 3.05) is 6.61 Å². The molecule has 2 atom stereocenters. The molecule has 0 fully saturated rings. The number of rotatable bonds is 9. The van der Waals surface area contributed by atoms with Gasteiger partial charge in [0.05, 0.1) is 0 Å². The van der Waals surface area contributed by atoms with Crippen LogP contribution < -0.4 is 5.32 Å². The third-order valence-electron chi connectivity index (χ3n) is 2.71. The summed E-state index contributed by atoms with van der Waals surface area (Å²) in [5, 5.41) is 12.3. The Kier molecular flexibility index (Phi) is 9.42. The second-order valence-electron chi connectivity index (χ2n) is 4.18. The lowest BCUT2D eigenvalue weighted by atomic mass is 10.1. The summed E-state index contributed by atoms with van der Waals surface area (Å²) < 4.78 is 0. The average Bonchev–Trinajstić information content (AvgIpc) is 2.21. The van der Waals surface area contributed by atoms with Gasteiger partial charge >= 0.3 is 0 Å². The van der Waals surface area contributed by atoms with E-state index in [1.54, 1.807) is 0 Å². The quantitative estimate of drug-likeness (QED) is 0.601. The van der Waals surface area contributed by atoms with Crippen molar-refractivity contribution in [2.45, 2.75) is 71.4 Å². The van der Waals surface area contributed by atoms with Crippen LogP contribution in [-0.4, -0.2) is 23.8 Å². The van der Waals surface area contributed by atoms with E-state index in [0.29, 0.717) is 18.7 Å². The van der Waals surface area contributed by atoms with Gasteiger partial charge in [-0.05, 0) is 32.6 Å². The van der Waals surface area contributed by atoms with Crippen LogP contribution in [0.3, 0.4) is 0 Å². The van der Waals surface area contributed by atoms with Crippen LogP contribution in [-0.2, 0) is 0 Å². The fourth-order valence-electron chi connectivity index (χ4n) is 1.74. The van der Waals surface area contributed by atoms with Gasteiger partial charge in [-0.15, -0.1) is 0 Å². The molecule has 2 nitrogen and oxygen atoms in total. The summed E-state index contributed by atoms with van der Waals surface area (Å²) in [4.78, 5) is 0. The van der Waals surface area contributed by atoms with Crippen LogP contribution in [0.4, 0.5) is 0 Å². The smallest absolute Gasteiger partial charge is 0.0431 e. The van der Waals surface area contributed by atoms with Gasteiger partial charge in [-0.25, -0.2) is 0 Å². The molecule has 0 bridgehead atoms. The Morgan fingerprint density at radius 2 is 1.86 bits per heavy atom. The van der Waals surface area contributed by atoms with Crippen LogP contribution in [0.25, 0.3) is 0 Å². The van der Waals surface area contributed by atoms with E-state index < -0.39 is 0 Å². The molecular formula is C12H27NO. The number of hydrogen-bond acceptors (Lipinski definition) is 2. The molecule has 0 spiro atoms. The maximum Gasteiger partial charge on any atom is 0.0431 e. The van der Waals surface area contributed by atoms with Gasteiger partial charge in [-0.3, -0.25) is 0 Å². The molecule has 0 radical (unpaired) electrons. The molecule has 0 unspecified atom stereocenters. The van der Waals surface area contributed by atoms with E-state index in [1.165, 1.54) is 25.7 Å². The van der Waals surface area contributed by atoms with Crippen molar-refractivity contribution in [3.8, 4) is 0 Å².